The van der Waals surface area contributed by atoms with Gasteiger partial charge in [-0.25, -0.2) is 9.78 Å². The fourth-order valence-corrected chi connectivity index (χ4v) is 2.15. The van der Waals surface area contributed by atoms with Crippen LogP contribution >= 0.6 is 0 Å². The molecule has 0 aliphatic heterocycles. The van der Waals surface area contributed by atoms with Gasteiger partial charge in [0.2, 0.25) is 0 Å². The summed E-state index contributed by atoms with van der Waals surface area (Å²) < 4.78 is 0. The number of hydrogen-bond donors (Lipinski definition) is 1. The highest BCUT2D eigenvalue weighted by molar-refractivity contribution is 5.85. The largest absolute Gasteiger partial charge is 0.477 e. The van der Waals surface area contributed by atoms with Crippen molar-refractivity contribution in [2.24, 2.45) is 0 Å². The smallest absolute Gasteiger partial charge is 0.354 e. The van der Waals surface area contributed by atoms with Crippen LogP contribution in [0.15, 0.2) is 42.6 Å². The standard InChI is InChI=1S/C17H19NO2/c1-2-3-13-4-6-14(7-5-13)8-9-15-10-11-16(17(19)20)18-12-15/h4-7,10-12H,2-3,8-9H2,1H3,(H,19,20). The van der Waals surface area contributed by atoms with Gasteiger partial charge in [0.25, 0.3) is 0 Å². The van der Waals surface area contributed by atoms with Gasteiger partial charge in [-0.2, -0.15) is 0 Å². The zero-order valence-electron chi connectivity index (χ0n) is 11.7. The van der Waals surface area contributed by atoms with Crippen LogP contribution in [0.1, 0.15) is 40.5 Å². The second-order valence-corrected chi connectivity index (χ2v) is 4.92. The van der Waals surface area contributed by atoms with E-state index >= 15 is 0 Å². The summed E-state index contributed by atoms with van der Waals surface area (Å²) in [6.07, 6.45) is 5.76. The number of aromatic nitrogens is 1. The fourth-order valence-electron chi connectivity index (χ4n) is 2.15. The van der Waals surface area contributed by atoms with Crippen molar-refractivity contribution >= 4 is 5.97 Å². The Balaban J connectivity index is 1.92. The molecule has 0 saturated carbocycles. The van der Waals surface area contributed by atoms with E-state index in [1.54, 1.807) is 12.3 Å². The molecule has 3 heteroatoms. The minimum absolute atomic E-state index is 0.0951. The lowest BCUT2D eigenvalue weighted by atomic mass is 10.0. The molecule has 0 atom stereocenters. The molecular formula is C17H19NO2. The second kappa shape index (κ2) is 6.85. The Morgan fingerprint density at radius 2 is 1.50 bits per heavy atom. The number of hydrogen-bond acceptors (Lipinski definition) is 2. The minimum Gasteiger partial charge on any atom is -0.477 e. The van der Waals surface area contributed by atoms with Gasteiger partial charge in [-0.3, -0.25) is 0 Å². The van der Waals surface area contributed by atoms with E-state index in [2.05, 4.69) is 36.2 Å². The molecule has 0 amide bonds. The summed E-state index contributed by atoms with van der Waals surface area (Å²) in [4.78, 5) is 14.6. The Hall–Kier alpha value is -2.16. The van der Waals surface area contributed by atoms with Crippen molar-refractivity contribution in [1.82, 2.24) is 4.98 Å². The second-order valence-electron chi connectivity index (χ2n) is 4.92. The molecule has 1 aromatic heterocycles. The molecule has 0 bridgehead atoms. The van der Waals surface area contributed by atoms with Crippen molar-refractivity contribution in [3.63, 3.8) is 0 Å². The Labute approximate surface area is 119 Å². The number of aryl methyl sites for hydroxylation is 3. The molecule has 1 aromatic carbocycles. The number of carbonyl (C=O) groups is 1. The molecule has 0 aliphatic rings. The van der Waals surface area contributed by atoms with Crippen LogP contribution < -0.4 is 0 Å². The van der Waals surface area contributed by atoms with Crippen LogP contribution in [0.3, 0.4) is 0 Å². The zero-order chi connectivity index (χ0) is 14.4. The fraction of sp³-hybridized carbons (Fsp3) is 0.294. The maximum atomic E-state index is 10.7. The zero-order valence-corrected chi connectivity index (χ0v) is 11.7. The summed E-state index contributed by atoms with van der Waals surface area (Å²) in [5.74, 6) is -0.983. The van der Waals surface area contributed by atoms with Crippen molar-refractivity contribution in [3.05, 3.63) is 65.0 Å². The molecule has 0 aliphatic carbocycles. The highest BCUT2D eigenvalue weighted by Crippen LogP contribution is 2.10. The quantitative estimate of drug-likeness (QED) is 0.873. The lowest BCUT2D eigenvalue weighted by Crippen LogP contribution is -2.00. The van der Waals surface area contributed by atoms with Gasteiger partial charge in [0.15, 0.2) is 0 Å². The predicted octanol–water partition coefficient (Wildman–Crippen LogP) is 3.52. The summed E-state index contributed by atoms with van der Waals surface area (Å²) in [6.45, 7) is 2.18. The van der Waals surface area contributed by atoms with Crippen molar-refractivity contribution < 1.29 is 9.90 Å². The Bertz CT molecular complexity index is 559. The average Bonchev–Trinajstić information content (AvgIpc) is 2.47. The molecule has 1 N–H and O–H groups in total. The molecule has 0 saturated heterocycles. The Morgan fingerprint density at radius 1 is 0.950 bits per heavy atom. The highest BCUT2D eigenvalue weighted by atomic mass is 16.4. The van der Waals surface area contributed by atoms with E-state index in [0.717, 1.165) is 24.8 Å². The van der Waals surface area contributed by atoms with Gasteiger partial charge in [-0.1, -0.05) is 43.7 Å². The predicted molar refractivity (Wildman–Crippen MR) is 79.0 cm³/mol. The molecule has 0 fully saturated rings. The van der Waals surface area contributed by atoms with Crippen LogP contribution in [-0.2, 0) is 19.3 Å². The topological polar surface area (TPSA) is 50.2 Å². The first-order chi connectivity index (χ1) is 9.69. The van der Waals surface area contributed by atoms with Crippen LogP contribution in [0.25, 0.3) is 0 Å². The van der Waals surface area contributed by atoms with Gasteiger partial charge < -0.3 is 5.11 Å². The van der Waals surface area contributed by atoms with Gasteiger partial charge in [-0.15, -0.1) is 0 Å². The number of aromatic carboxylic acids is 1. The molecule has 104 valence electrons. The molecule has 0 radical (unpaired) electrons. The van der Waals surface area contributed by atoms with Crippen molar-refractivity contribution in [2.45, 2.75) is 32.6 Å². The van der Waals surface area contributed by atoms with Gasteiger partial charge >= 0.3 is 5.97 Å². The van der Waals surface area contributed by atoms with Crippen LogP contribution in [0, 0.1) is 0 Å². The number of nitrogens with zero attached hydrogens (tertiary/aromatic N) is 1. The molecule has 0 unspecified atom stereocenters. The van der Waals surface area contributed by atoms with Gasteiger partial charge in [0.05, 0.1) is 0 Å². The van der Waals surface area contributed by atoms with E-state index in [1.165, 1.54) is 17.5 Å². The number of carboxylic acid groups (broad SMARTS) is 1. The first-order valence-corrected chi connectivity index (χ1v) is 6.95. The normalized spacial score (nSPS) is 10.4. The van der Waals surface area contributed by atoms with Crippen LogP contribution in [0.2, 0.25) is 0 Å². The lowest BCUT2D eigenvalue weighted by Gasteiger charge is -2.04. The molecular weight excluding hydrogens is 250 g/mol. The monoisotopic (exact) mass is 269 g/mol. The summed E-state index contributed by atoms with van der Waals surface area (Å²) in [7, 11) is 0. The van der Waals surface area contributed by atoms with Crippen molar-refractivity contribution in [1.29, 1.82) is 0 Å². The molecule has 2 rings (SSSR count). The first kappa shape index (κ1) is 14.3. The molecule has 0 spiro atoms. The maximum absolute atomic E-state index is 10.7. The first-order valence-electron chi connectivity index (χ1n) is 6.95. The number of rotatable bonds is 6. The summed E-state index contributed by atoms with van der Waals surface area (Å²) in [5.41, 5.74) is 3.83. The van der Waals surface area contributed by atoms with Crippen LogP contribution in [-0.4, -0.2) is 16.1 Å². The molecule has 2 aromatic rings. The third-order valence-corrected chi connectivity index (χ3v) is 3.31. The third-order valence-electron chi connectivity index (χ3n) is 3.31. The number of carboxylic acids is 1. The molecule has 20 heavy (non-hydrogen) atoms. The van der Waals surface area contributed by atoms with E-state index in [1.807, 2.05) is 6.07 Å². The van der Waals surface area contributed by atoms with Gasteiger partial charge in [-0.05, 0) is 42.0 Å². The average molecular weight is 269 g/mol. The summed E-state index contributed by atoms with van der Waals surface area (Å²) >= 11 is 0. The van der Waals surface area contributed by atoms with E-state index in [-0.39, 0.29) is 5.69 Å². The van der Waals surface area contributed by atoms with Crippen LogP contribution in [0.5, 0.6) is 0 Å². The van der Waals surface area contributed by atoms with Crippen molar-refractivity contribution in [3.8, 4) is 0 Å². The summed E-state index contributed by atoms with van der Waals surface area (Å²) in [6, 6.07) is 12.1. The van der Waals surface area contributed by atoms with E-state index < -0.39 is 5.97 Å². The van der Waals surface area contributed by atoms with Crippen LogP contribution in [0.4, 0.5) is 0 Å². The Morgan fingerprint density at radius 3 is 2.00 bits per heavy atom. The molecule has 1 heterocycles. The highest BCUT2D eigenvalue weighted by Gasteiger charge is 2.03. The van der Waals surface area contributed by atoms with E-state index in [9.17, 15) is 4.79 Å². The van der Waals surface area contributed by atoms with Crippen molar-refractivity contribution in [2.75, 3.05) is 0 Å². The van der Waals surface area contributed by atoms with E-state index in [4.69, 9.17) is 5.11 Å². The lowest BCUT2D eigenvalue weighted by molar-refractivity contribution is 0.0690. The Kier molecular flexibility index (Phi) is 4.88. The van der Waals surface area contributed by atoms with E-state index in [0.29, 0.717) is 0 Å². The van der Waals surface area contributed by atoms with Gasteiger partial charge in [0, 0.05) is 6.20 Å². The third kappa shape index (κ3) is 3.92. The number of pyridine rings is 1. The maximum Gasteiger partial charge on any atom is 0.354 e. The SMILES string of the molecule is CCCc1ccc(CCc2ccc(C(=O)O)nc2)cc1. The molecule has 3 nitrogen and oxygen atoms in total. The van der Waals surface area contributed by atoms with Gasteiger partial charge in [0.1, 0.15) is 5.69 Å². The summed E-state index contributed by atoms with van der Waals surface area (Å²) in [5, 5.41) is 8.79. The minimum atomic E-state index is -0.983. The number of benzene rings is 1.